The molecule has 0 aliphatic rings. The molecule has 2 heterocycles. The number of nitrogens with zero attached hydrogens (tertiary/aromatic N) is 1. The van der Waals surface area contributed by atoms with Crippen molar-refractivity contribution in [2.45, 2.75) is 45.9 Å². The van der Waals surface area contributed by atoms with Crippen LogP contribution in [0, 0.1) is 13.8 Å². The van der Waals surface area contributed by atoms with Gasteiger partial charge in [0.15, 0.2) is 0 Å². The second-order valence-corrected chi connectivity index (χ2v) is 8.24. The molecule has 2 rings (SSSR count). The zero-order chi connectivity index (χ0) is 19.3. The van der Waals surface area contributed by atoms with Gasteiger partial charge in [0.2, 0.25) is 11.8 Å². The van der Waals surface area contributed by atoms with Crippen LogP contribution in [0.4, 0.5) is 0 Å². The molecule has 0 saturated heterocycles. The topological polar surface area (TPSA) is 104 Å². The fourth-order valence-electron chi connectivity index (χ4n) is 2.36. The normalized spacial score (nSPS) is 12.2. The molecule has 2 amide bonds. The monoisotopic (exact) mass is 396 g/mol. The number of aromatic amines is 1. The quantitative estimate of drug-likeness (QED) is 0.632. The highest BCUT2D eigenvalue weighted by molar-refractivity contribution is 7.99. The van der Waals surface area contributed by atoms with E-state index in [1.807, 2.05) is 20.8 Å². The molecule has 0 aromatic carbocycles. The summed E-state index contributed by atoms with van der Waals surface area (Å²) in [5.41, 5.74) is 0.825. The van der Waals surface area contributed by atoms with E-state index in [1.54, 1.807) is 6.92 Å². The molecular weight excluding hydrogens is 372 g/mol. The van der Waals surface area contributed by atoms with Crippen molar-refractivity contribution in [2.75, 3.05) is 12.3 Å². The molecule has 2 aromatic heterocycles. The van der Waals surface area contributed by atoms with Crippen molar-refractivity contribution in [1.82, 2.24) is 20.6 Å². The van der Waals surface area contributed by atoms with Gasteiger partial charge in [-0.1, -0.05) is 6.92 Å². The standard InChI is InChI=1S/C17H24N4O3S2/c1-5-6-18-15(23)10(3)19-13(22)8-25-7-12-20-16(24)14-9(2)11(4)26-17(14)21-12/h10H,5-8H2,1-4H3,(H,18,23)(H,19,22)(H,20,21,24)/t10-/m1/s1. The van der Waals surface area contributed by atoms with E-state index in [-0.39, 0.29) is 23.1 Å². The number of thiophene rings is 1. The van der Waals surface area contributed by atoms with Crippen molar-refractivity contribution in [2.24, 2.45) is 0 Å². The first-order chi connectivity index (χ1) is 12.3. The molecule has 0 unspecified atom stereocenters. The van der Waals surface area contributed by atoms with Crippen LogP contribution in [-0.4, -0.2) is 40.1 Å². The third kappa shape index (κ3) is 5.07. The van der Waals surface area contributed by atoms with E-state index >= 15 is 0 Å². The lowest BCUT2D eigenvalue weighted by molar-refractivity contribution is -0.127. The van der Waals surface area contributed by atoms with Gasteiger partial charge in [0.25, 0.3) is 5.56 Å². The molecular formula is C17H24N4O3S2. The van der Waals surface area contributed by atoms with E-state index in [0.717, 1.165) is 21.7 Å². The van der Waals surface area contributed by atoms with Crippen LogP contribution in [0.1, 0.15) is 36.5 Å². The van der Waals surface area contributed by atoms with Gasteiger partial charge in [0.1, 0.15) is 16.7 Å². The van der Waals surface area contributed by atoms with Gasteiger partial charge in [-0.15, -0.1) is 23.1 Å². The lowest BCUT2D eigenvalue weighted by atomic mass is 10.2. The number of aromatic nitrogens is 2. The summed E-state index contributed by atoms with van der Waals surface area (Å²) in [7, 11) is 0. The first-order valence-electron chi connectivity index (χ1n) is 8.47. The summed E-state index contributed by atoms with van der Waals surface area (Å²) < 4.78 is 0. The Balaban J connectivity index is 1.87. The molecule has 2 aromatic rings. The predicted molar refractivity (Wildman–Crippen MR) is 107 cm³/mol. The summed E-state index contributed by atoms with van der Waals surface area (Å²) in [6.45, 7) is 8.10. The summed E-state index contributed by atoms with van der Waals surface area (Å²) in [6.07, 6.45) is 0.848. The van der Waals surface area contributed by atoms with Crippen molar-refractivity contribution in [3.05, 3.63) is 26.6 Å². The zero-order valence-corrected chi connectivity index (χ0v) is 17.0. The third-order valence-corrected chi connectivity index (χ3v) is 5.93. The molecule has 3 N–H and O–H groups in total. The predicted octanol–water partition coefficient (Wildman–Crippen LogP) is 1.87. The van der Waals surface area contributed by atoms with Gasteiger partial charge < -0.3 is 15.6 Å². The number of hydrogen-bond donors (Lipinski definition) is 3. The van der Waals surface area contributed by atoms with Crippen molar-refractivity contribution in [3.63, 3.8) is 0 Å². The number of amides is 2. The van der Waals surface area contributed by atoms with Crippen molar-refractivity contribution in [1.29, 1.82) is 0 Å². The number of carbonyl (C=O) groups is 2. The summed E-state index contributed by atoms with van der Waals surface area (Å²) in [4.78, 5) is 45.0. The first-order valence-corrected chi connectivity index (χ1v) is 10.4. The Kier molecular flexibility index (Phi) is 7.22. The van der Waals surface area contributed by atoms with Gasteiger partial charge in [-0.05, 0) is 32.8 Å². The van der Waals surface area contributed by atoms with Gasteiger partial charge in [0.05, 0.1) is 16.9 Å². The molecule has 0 bridgehead atoms. The summed E-state index contributed by atoms with van der Waals surface area (Å²) in [6, 6.07) is -0.569. The van der Waals surface area contributed by atoms with Gasteiger partial charge in [-0.3, -0.25) is 14.4 Å². The minimum atomic E-state index is -0.569. The second kappa shape index (κ2) is 9.18. The maximum atomic E-state index is 12.2. The average Bonchev–Trinajstić information content (AvgIpc) is 2.87. The van der Waals surface area contributed by atoms with E-state index in [9.17, 15) is 14.4 Å². The number of thioether (sulfide) groups is 1. The number of nitrogens with one attached hydrogen (secondary N) is 3. The molecule has 26 heavy (non-hydrogen) atoms. The van der Waals surface area contributed by atoms with E-state index in [4.69, 9.17) is 0 Å². The molecule has 0 saturated carbocycles. The van der Waals surface area contributed by atoms with Gasteiger partial charge in [-0.2, -0.15) is 0 Å². The number of aryl methyl sites for hydroxylation is 2. The van der Waals surface area contributed by atoms with Crippen molar-refractivity contribution in [3.8, 4) is 0 Å². The maximum absolute atomic E-state index is 12.2. The van der Waals surface area contributed by atoms with Crippen LogP contribution in [0.15, 0.2) is 4.79 Å². The maximum Gasteiger partial charge on any atom is 0.259 e. The lowest BCUT2D eigenvalue weighted by Crippen LogP contribution is -2.45. The highest BCUT2D eigenvalue weighted by Gasteiger charge is 2.15. The smallest absolute Gasteiger partial charge is 0.259 e. The zero-order valence-electron chi connectivity index (χ0n) is 15.4. The van der Waals surface area contributed by atoms with Crippen LogP contribution in [0.25, 0.3) is 10.2 Å². The molecule has 0 spiro atoms. The van der Waals surface area contributed by atoms with Crippen molar-refractivity contribution < 1.29 is 9.59 Å². The molecule has 142 valence electrons. The van der Waals surface area contributed by atoms with Gasteiger partial charge in [-0.25, -0.2) is 4.98 Å². The Bertz CT molecular complexity index is 860. The van der Waals surface area contributed by atoms with Gasteiger partial charge in [0, 0.05) is 11.4 Å². The molecule has 0 aliphatic carbocycles. The first kappa shape index (κ1) is 20.4. The Hall–Kier alpha value is -1.87. The van der Waals surface area contributed by atoms with Crippen LogP contribution >= 0.6 is 23.1 Å². The minimum Gasteiger partial charge on any atom is -0.354 e. The summed E-state index contributed by atoms with van der Waals surface area (Å²) >= 11 is 2.84. The van der Waals surface area contributed by atoms with Crippen molar-refractivity contribution >= 4 is 45.1 Å². The Morgan fingerprint density at radius 2 is 2.08 bits per heavy atom. The largest absolute Gasteiger partial charge is 0.354 e. The van der Waals surface area contributed by atoms with E-state index in [1.165, 1.54) is 23.1 Å². The average molecular weight is 397 g/mol. The summed E-state index contributed by atoms with van der Waals surface area (Å²) in [5.74, 6) is 0.751. The molecule has 1 atom stereocenters. The number of H-pyrrole nitrogens is 1. The Morgan fingerprint density at radius 3 is 2.77 bits per heavy atom. The fourth-order valence-corrected chi connectivity index (χ4v) is 4.11. The highest BCUT2D eigenvalue weighted by atomic mass is 32.2. The number of hydrogen-bond acceptors (Lipinski definition) is 6. The van der Waals surface area contributed by atoms with Gasteiger partial charge >= 0.3 is 0 Å². The summed E-state index contributed by atoms with van der Waals surface area (Å²) in [5, 5.41) is 6.05. The third-order valence-electron chi connectivity index (χ3n) is 3.88. The Labute approximate surface area is 160 Å². The SMILES string of the molecule is CCCNC(=O)[C@@H](C)NC(=O)CSCc1nc2sc(C)c(C)c2c(=O)[nH]1. The van der Waals surface area contributed by atoms with E-state index in [2.05, 4.69) is 20.6 Å². The van der Waals surface area contributed by atoms with Crippen LogP contribution in [-0.2, 0) is 15.3 Å². The minimum absolute atomic E-state index is 0.141. The number of rotatable bonds is 8. The van der Waals surface area contributed by atoms with Crippen LogP contribution in [0.3, 0.4) is 0 Å². The van der Waals surface area contributed by atoms with Crippen LogP contribution in [0.5, 0.6) is 0 Å². The Morgan fingerprint density at radius 1 is 1.35 bits per heavy atom. The van der Waals surface area contributed by atoms with Crippen LogP contribution in [0.2, 0.25) is 0 Å². The molecule has 0 aliphatic heterocycles. The molecule has 9 heteroatoms. The van der Waals surface area contributed by atoms with Crippen LogP contribution < -0.4 is 16.2 Å². The molecule has 7 nitrogen and oxygen atoms in total. The highest BCUT2D eigenvalue weighted by Crippen LogP contribution is 2.26. The van der Waals surface area contributed by atoms with E-state index < -0.39 is 6.04 Å². The fraction of sp³-hybridized carbons (Fsp3) is 0.529. The second-order valence-electron chi connectivity index (χ2n) is 6.05. The number of carbonyl (C=O) groups excluding carboxylic acids is 2. The van der Waals surface area contributed by atoms with E-state index in [0.29, 0.717) is 23.5 Å². The number of fused-ring (bicyclic) bond motifs is 1. The lowest BCUT2D eigenvalue weighted by Gasteiger charge is -2.13. The molecule has 0 fully saturated rings. The molecule has 0 radical (unpaired) electrons.